The number of fused-ring (bicyclic) bond motifs is 2. The van der Waals surface area contributed by atoms with Crippen LogP contribution >= 0.6 is 0 Å². The van der Waals surface area contributed by atoms with Crippen molar-refractivity contribution in [2.24, 2.45) is 0 Å². The van der Waals surface area contributed by atoms with Crippen LogP contribution in [0.15, 0.2) is 0 Å². The summed E-state index contributed by atoms with van der Waals surface area (Å²) in [6, 6.07) is -1.64. The molecule has 0 radical (unpaired) electrons. The Morgan fingerprint density at radius 3 is 2.79 bits per heavy atom. The fraction of sp³-hybridized carbons (Fsp3) is 0.800. The molecule has 13 heteroatoms. The molecule has 3 amide bonds. The van der Waals surface area contributed by atoms with Gasteiger partial charge < -0.3 is 15.1 Å². The molecule has 3 fully saturated rings. The van der Waals surface area contributed by atoms with E-state index in [0.717, 1.165) is 19.5 Å². The molecular weight excluding hydrogens is 392 g/mol. The van der Waals surface area contributed by atoms with Gasteiger partial charge in [-0.05, 0) is 19.3 Å². The van der Waals surface area contributed by atoms with Crippen molar-refractivity contribution < 1.29 is 26.8 Å². The number of urea groups is 1. The molecule has 0 saturated carbocycles. The minimum atomic E-state index is -4.78. The van der Waals surface area contributed by atoms with E-state index in [1.165, 1.54) is 4.90 Å². The Morgan fingerprint density at radius 1 is 1.36 bits per heavy atom. The van der Waals surface area contributed by atoms with Crippen molar-refractivity contribution in [1.82, 2.24) is 25.1 Å². The normalized spacial score (nSPS) is 25.9. The molecule has 0 aromatic rings. The fourth-order valence-electron chi connectivity index (χ4n) is 3.91. The predicted octanol–water partition coefficient (Wildman–Crippen LogP) is -0.932. The predicted molar refractivity (Wildman–Crippen MR) is 97.6 cm³/mol. The third kappa shape index (κ3) is 4.71. The highest BCUT2D eigenvalue weighted by Crippen LogP contribution is 2.30. The van der Waals surface area contributed by atoms with E-state index < -0.39 is 28.5 Å². The van der Waals surface area contributed by atoms with E-state index in [-0.39, 0.29) is 18.3 Å². The zero-order valence-electron chi connectivity index (χ0n) is 15.7. The van der Waals surface area contributed by atoms with Crippen LogP contribution in [-0.2, 0) is 19.5 Å². The highest BCUT2D eigenvalue weighted by molar-refractivity contribution is 7.80. The summed E-state index contributed by atoms with van der Waals surface area (Å²) in [6.07, 6.45) is 1.87. The second-order valence-corrected chi connectivity index (χ2v) is 8.25. The molecule has 158 valence electrons. The Kier molecular flexibility index (Phi) is 6.07. The first-order chi connectivity index (χ1) is 13.2. The Hall–Kier alpha value is -1.96. The zero-order valence-corrected chi connectivity index (χ0v) is 16.5. The second-order valence-electron chi connectivity index (χ2n) is 7.25. The number of amidine groups is 1. The summed E-state index contributed by atoms with van der Waals surface area (Å²) >= 11 is 0. The van der Waals surface area contributed by atoms with Crippen molar-refractivity contribution in [2.75, 3.05) is 39.4 Å². The smallest absolute Gasteiger partial charge is 0.371 e. The summed E-state index contributed by atoms with van der Waals surface area (Å²) < 4.78 is 35.1. The fourth-order valence-corrected chi connectivity index (χ4v) is 4.29. The number of rotatable bonds is 6. The number of nitrogens with one attached hydrogen (secondary N) is 2. The van der Waals surface area contributed by atoms with Gasteiger partial charge in [0.2, 0.25) is 5.91 Å². The summed E-state index contributed by atoms with van der Waals surface area (Å²) in [7, 11) is -4.78. The van der Waals surface area contributed by atoms with Gasteiger partial charge in [-0.2, -0.15) is 13.5 Å². The lowest BCUT2D eigenvalue weighted by Crippen LogP contribution is -2.52. The van der Waals surface area contributed by atoms with Crippen molar-refractivity contribution >= 4 is 28.2 Å². The minimum Gasteiger partial charge on any atom is -0.371 e. The zero-order chi connectivity index (χ0) is 20.5. The Morgan fingerprint density at radius 2 is 2.11 bits per heavy atom. The maximum atomic E-state index is 12.4. The van der Waals surface area contributed by atoms with Crippen LogP contribution in [0.25, 0.3) is 0 Å². The molecule has 0 spiro atoms. The maximum Gasteiger partial charge on any atom is 0.418 e. The van der Waals surface area contributed by atoms with Gasteiger partial charge in [0.25, 0.3) is 0 Å². The van der Waals surface area contributed by atoms with Gasteiger partial charge >= 0.3 is 16.4 Å². The van der Waals surface area contributed by atoms with Crippen LogP contribution < -0.4 is 5.32 Å². The number of carbonyl (C=O) groups is 2. The number of hydrogen-bond donors (Lipinski definition) is 3. The van der Waals surface area contributed by atoms with Crippen molar-refractivity contribution in [3.05, 3.63) is 0 Å². The van der Waals surface area contributed by atoms with Gasteiger partial charge in [-0.15, -0.1) is 4.28 Å². The monoisotopic (exact) mass is 418 g/mol. The van der Waals surface area contributed by atoms with Gasteiger partial charge in [-0.1, -0.05) is 0 Å². The first-order valence-electron chi connectivity index (χ1n) is 9.22. The van der Waals surface area contributed by atoms with E-state index >= 15 is 0 Å². The van der Waals surface area contributed by atoms with Crippen LogP contribution in [0.4, 0.5) is 4.79 Å². The van der Waals surface area contributed by atoms with Crippen molar-refractivity contribution in [1.29, 1.82) is 5.41 Å². The van der Waals surface area contributed by atoms with Gasteiger partial charge in [0.05, 0.1) is 18.8 Å². The molecule has 2 atom stereocenters. The van der Waals surface area contributed by atoms with Gasteiger partial charge in [0.15, 0.2) is 0 Å². The van der Waals surface area contributed by atoms with Crippen molar-refractivity contribution in [2.45, 2.75) is 38.3 Å². The molecule has 3 rings (SSSR count). The molecule has 28 heavy (non-hydrogen) atoms. The highest BCUT2D eigenvalue weighted by Gasteiger charge is 2.48. The molecule has 3 aliphatic heterocycles. The molecule has 12 nitrogen and oxygen atoms in total. The molecule has 3 heterocycles. The van der Waals surface area contributed by atoms with Gasteiger partial charge in [0.1, 0.15) is 5.84 Å². The largest absolute Gasteiger partial charge is 0.418 e. The van der Waals surface area contributed by atoms with Crippen LogP contribution in [-0.4, -0.2) is 102 Å². The lowest BCUT2D eigenvalue weighted by molar-refractivity contribution is -0.132. The standard InChI is InChI=1S/C15H26N6O6S/c1-11(22)19-7-2-6-18(10-19)8-5-17-14(16)13-4-3-12-9-20(13)15(23)21(12)27-28(24,25)26/h12-13H,2-10H2,1H3,(H2,16,17)(H,24,25,26)/t12-,13+/m1/s1. The van der Waals surface area contributed by atoms with Gasteiger partial charge in [-0.3, -0.25) is 19.7 Å². The summed E-state index contributed by atoms with van der Waals surface area (Å²) in [6.45, 7) is 5.17. The quantitative estimate of drug-likeness (QED) is 0.285. The average Bonchev–Trinajstić information content (AvgIpc) is 2.85. The van der Waals surface area contributed by atoms with Gasteiger partial charge in [0, 0.05) is 39.6 Å². The number of piperidine rings is 1. The molecule has 3 N–H and O–H groups in total. The van der Waals surface area contributed by atoms with Crippen LogP contribution in [0, 0.1) is 5.41 Å². The lowest BCUT2D eigenvalue weighted by atomic mass is 10.00. The first kappa shape index (κ1) is 20.8. The maximum absolute atomic E-state index is 12.4. The third-order valence-corrected chi connectivity index (χ3v) is 5.64. The van der Waals surface area contributed by atoms with E-state index in [1.807, 2.05) is 0 Å². The van der Waals surface area contributed by atoms with E-state index in [4.69, 9.17) is 9.96 Å². The molecule has 3 aliphatic rings. The molecule has 0 aromatic heterocycles. The van der Waals surface area contributed by atoms with Crippen LogP contribution in [0.5, 0.6) is 0 Å². The second kappa shape index (κ2) is 8.19. The summed E-state index contributed by atoms with van der Waals surface area (Å²) in [5, 5.41) is 12.0. The third-order valence-electron chi connectivity index (χ3n) is 5.29. The minimum absolute atomic E-state index is 0.0476. The molecule has 0 aliphatic carbocycles. The number of amides is 3. The number of hydroxylamine groups is 2. The Bertz CT molecular complexity index is 745. The van der Waals surface area contributed by atoms with Crippen molar-refractivity contribution in [3.8, 4) is 0 Å². The molecule has 0 unspecified atom stereocenters. The lowest BCUT2D eigenvalue weighted by Gasteiger charge is -2.35. The summed E-state index contributed by atoms with van der Waals surface area (Å²) in [4.78, 5) is 29.2. The molecule has 3 saturated heterocycles. The SMILES string of the molecule is CC(=O)N1CCCN(CCNC(=N)[C@@H]2CC[C@@H]3CN2C(=O)N3OS(=O)(=O)O)C1. The average molecular weight is 418 g/mol. The van der Waals surface area contributed by atoms with E-state index in [9.17, 15) is 18.0 Å². The van der Waals surface area contributed by atoms with Gasteiger partial charge in [-0.25, -0.2) is 4.79 Å². The first-order valence-corrected chi connectivity index (χ1v) is 10.6. The molecule has 2 bridgehead atoms. The van der Waals surface area contributed by atoms with Crippen LogP contribution in [0.2, 0.25) is 0 Å². The Labute approximate surface area is 163 Å². The summed E-state index contributed by atoms with van der Waals surface area (Å²) in [5.74, 6) is 0.229. The van der Waals surface area contributed by atoms with Crippen LogP contribution in [0.3, 0.4) is 0 Å². The van der Waals surface area contributed by atoms with Crippen molar-refractivity contribution in [3.63, 3.8) is 0 Å². The Balaban J connectivity index is 1.49. The van der Waals surface area contributed by atoms with E-state index in [1.54, 1.807) is 11.8 Å². The van der Waals surface area contributed by atoms with E-state index in [2.05, 4.69) is 14.5 Å². The number of carbonyl (C=O) groups excluding carboxylic acids is 2. The molecule has 0 aromatic carbocycles. The molecular formula is C15H26N6O6S. The van der Waals surface area contributed by atoms with E-state index in [0.29, 0.717) is 37.7 Å². The topological polar surface area (TPSA) is 147 Å². The number of hydrogen-bond acceptors (Lipinski definition) is 7. The summed E-state index contributed by atoms with van der Waals surface area (Å²) in [5.41, 5.74) is 0. The highest BCUT2D eigenvalue weighted by atomic mass is 32.3. The van der Waals surface area contributed by atoms with Crippen LogP contribution in [0.1, 0.15) is 26.2 Å². The number of nitrogens with zero attached hydrogens (tertiary/aromatic N) is 4.